The van der Waals surface area contributed by atoms with Crippen molar-refractivity contribution in [3.05, 3.63) is 53.3 Å². The summed E-state index contributed by atoms with van der Waals surface area (Å²) in [5, 5.41) is 4.30. The van der Waals surface area contributed by atoms with Crippen molar-refractivity contribution in [2.75, 3.05) is 13.1 Å². The Kier molecular flexibility index (Phi) is 5.90. The molecule has 1 amide bonds. The molecule has 0 unspecified atom stereocenters. The van der Waals surface area contributed by atoms with Crippen LogP contribution in [0.4, 0.5) is 0 Å². The number of carbonyl (C=O) groups excluding carboxylic acids is 1. The van der Waals surface area contributed by atoms with Gasteiger partial charge in [0.2, 0.25) is 0 Å². The molecule has 1 aliphatic rings. The predicted molar refractivity (Wildman–Crippen MR) is 101 cm³/mol. The standard InChI is InChI=1S/C21H29N3O/c1-3-14-24-20(12-13-22-24)21(25)23-15-6-8-18(16-23)10-11-19-9-5-4-7-17(19)2/h4-5,7,9,12-13,18H,3,6,8,10-11,14-16H2,1-2H3/t18-/m0/s1. The molecule has 1 saturated heterocycles. The van der Waals surface area contributed by atoms with Gasteiger partial charge >= 0.3 is 0 Å². The second-order valence-electron chi connectivity index (χ2n) is 7.16. The van der Waals surface area contributed by atoms with E-state index in [0.717, 1.165) is 51.0 Å². The first-order valence-corrected chi connectivity index (χ1v) is 9.54. The highest BCUT2D eigenvalue weighted by molar-refractivity contribution is 5.92. The fourth-order valence-electron chi connectivity index (χ4n) is 3.80. The first kappa shape index (κ1) is 17.7. The van der Waals surface area contributed by atoms with Gasteiger partial charge in [-0.2, -0.15) is 5.10 Å². The quantitative estimate of drug-likeness (QED) is 0.795. The topological polar surface area (TPSA) is 38.1 Å². The highest BCUT2D eigenvalue weighted by Crippen LogP contribution is 2.23. The maximum atomic E-state index is 12.9. The molecule has 4 nitrogen and oxygen atoms in total. The number of hydrogen-bond acceptors (Lipinski definition) is 2. The molecule has 0 bridgehead atoms. The van der Waals surface area contributed by atoms with Gasteiger partial charge in [0.25, 0.3) is 5.91 Å². The fourth-order valence-corrected chi connectivity index (χ4v) is 3.80. The number of hydrogen-bond donors (Lipinski definition) is 0. The lowest BCUT2D eigenvalue weighted by Crippen LogP contribution is -2.41. The van der Waals surface area contributed by atoms with E-state index in [1.807, 2.05) is 15.6 Å². The molecule has 1 aromatic carbocycles. The number of piperidine rings is 1. The third-order valence-electron chi connectivity index (χ3n) is 5.26. The minimum Gasteiger partial charge on any atom is -0.337 e. The normalized spacial score (nSPS) is 17.7. The van der Waals surface area contributed by atoms with E-state index in [1.54, 1.807) is 6.20 Å². The monoisotopic (exact) mass is 339 g/mol. The van der Waals surface area contributed by atoms with Crippen LogP contribution in [0.25, 0.3) is 0 Å². The van der Waals surface area contributed by atoms with Crippen LogP contribution in [-0.4, -0.2) is 33.7 Å². The molecule has 1 aliphatic heterocycles. The Balaban J connectivity index is 1.60. The smallest absolute Gasteiger partial charge is 0.272 e. The maximum absolute atomic E-state index is 12.9. The van der Waals surface area contributed by atoms with Crippen molar-refractivity contribution in [2.24, 2.45) is 5.92 Å². The zero-order valence-electron chi connectivity index (χ0n) is 15.4. The first-order chi connectivity index (χ1) is 12.2. The molecule has 0 saturated carbocycles. The molecule has 2 heterocycles. The summed E-state index contributed by atoms with van der Waals surface area (Å²) in [6.45, 7) is 6.84. The van der Waals surface area contributed by atoms with Crippen molar-refractivity contribution in [1.82, 2.24) is 14.7 Å². The molecule has 1 aromatic heterocycles. The van der Waals surface area contributed by atoms with Gasteiger partial charge in [-0.05, 0) is 62.1 Å². The maximum Gasteiger partial charge on any atom is 0.272 e. The Morgan fingerprint density at radius 1 is 1.28 bits per heavy atom. The molecule has 0 aliphatic carbocycles. The van der Waals surface area contributed by atoms with Crippen LogP contribution in [0.15, 0.2) is 36.5 Å². The minimum absolute atomic E-state index is 0.145. The number of amides is 1. The number of rotatable bonds is 6. The Labute approximate surface area is 150 Å². The van der Waals surface area contributed by atoms with Gasteiger partial charge in [-0.25, -0.2) is 0 Å². The van der Waals surface area contributed by atoms with Gasteiger partial charge < -0.3 is 4.90 Å². The summed E-state index contributed by atoms with van der Waals surface area (Å²) in [7, 11) is 0. The Morgan fingerprint density at radius 2 is 2.12 bits per heavy atom. The molecule has 4 heteroatoms. The van der Waals surface area contributed by atoms with Crippen molar-refractivity contribution < 1.29 is 4.79 Å². The second kappa shape index (κ2) is 8.32. The van der Waals surface area contributed by atoms with Crippen molar-refractivity contribution in [1.29, 1.82) is 0 Å². The van der Waals surface area contributed by atoms with E-state index >= 15 is 0 Å². The SMILES string of the molecule is CCCn1nccc1C(=O)N1CCC[C@@H](CCc2ccccc2C)C1. The highest BCUT2D eigenvalue weighted by atomic mass is 16.2. The highest BCUT2D eigenvalue weighted by Gasteiger charge is 2.26. The van der Waals surface area contributed by atoms with E-state index in [0.29, 0.717) is 5.92 Å². The van der Waals surface area contributed by atoms with Crippen LogP contribution in [0.1, 0.15) is 54.2 Å². The van der Waals surface area contributed by atoms with Gasteiger partial charge in [0, 0.05) is 25.8 Å². The van der Waals surface area contributed by atoms with Crippen LogP contribution in [0.3, 0.4) is 0 Å². The molecular formula is C21H29N3O. The van der Waals surface area contributed by atoms with Gasteiger partial charge in [-0.1, -0.05) is 31.2 Å². The molecular weight excluding hydrogens is 310 g/mol. The Hall–Kier alpha value is -2.10. The third kappa shape index (κ3) is 4.30. The molecule has 1 atom stereocenters. The van der Waals surface area contributed by atoms with Crippen LogP contribution >= 0.6 is 0 Å². The lowest BCUT2D eigenvalue weighted by molar-refractivity contribution is 0.0655. The van der Waals surface area contributed by atoms with Crippen LogP contribution < -0.4 is 0 Å². The summed E-state index contributed by atoms with van der Waals surface area (Å²) < 4.78 is 1.85. The molecule has 25 heavy (non-hydrogen) atoms. The minimum atomic E-state index is 0.145. The molecule has 3 rings (SSSR count). The van der Waals surface area contributed by atoms with E-state index in [1.165, 1.54) is 17.5 Å². The van der Waals surface area contributed by atoms with Crippen LogP contribution in [0.5, 0.6) is 0 Å². The van der Waals surface area contributed by atoms with Crippen molar-refractivity contribution in [3.63, 3.8) is 0 Å². The van der Waals surface area contributed by atoms with E-state index in [4.69, 9.17) is 0 Å². The molecule has 1 fully saturated rings. The van der Waals surface area contributed by atoms with Gasteiger partial charge in [-0.15, -0.1) is 0 Å². The molecule has 2 aromatic rings. The van der Waals surface area contributed by atoms with Gasteiger partial charge in [0.1, 0.15) is 5.69 Å². The third-order valence-corrected chi connectivity index (χ3v) is 5.26. The van der Waals surface area contributed by atoms with Crippen molar-refractivity contribution in [2.45, 2.75) is 52.5 Å². The van der Waals surface area contributed by atoms with Gasteiger partial charge in [0.05, 0.1) is 0 Å². The summed E-state index contributed by atoms with van der Waals surface area (Å²) >= 11 is 0. The second-order valence-corrected chi connectivity index (χ2v) is 7.16. The molecule has 134 valence electrons. The van der Waals surface area contributed by atoms with E-state index < -0.39 is 0 Å². The predicted octanol–water partition coefficient (Wildman–Crippen LogP) is 4.09. The molecule has 0 spiro atoms. The number of carbonyl (C=O) groups is 1. The van der Waals surface area contributed by atoms with Crippen molar-refractivity contribution in [3.8, 4) is 0 Å². The number of benzene rings is 1. The Bertz CT molecular complexity index is 707. The lowest BCUT2D eigenvalue weighted by atomic mass is 9.90. The summed E-state index contributed by atoms with van der Waals surface area (Å²) in [5.41, 5.74) is 3.54. The summed E-state index contributed by atoms with van der Waals surface area (Å²) in [4.78, 5) is 14.9. The van der Waals surface area contributed by atoms with E-state index in [-0.39, 0.29) is 5.91 Å². The number of likely N-dealkylation sites (tertiary alicyclic amines) is 1. The average molecular weight is 339 g/mol. The van der Waals surface area contributed by atoms with Crippen LogP contribution in [-0.2, 0) is 13.0 Å². The molecule has 0 N–H and O–H groups in total. The Morgan fingerprint density at radius 3 is 2.92 bits per heavy atom. The van der Waals surface area contributed by atoms with E-state index in [2.05, 4.69) is 43.2 Å². The zero-order valence-corrected chi connectivity index (χ0v) is 15.4. The first-order valence-electron chi connectivity index (χ1n) is 9.54. The largest absolute Gasteiger partial charge is 0.337 e. The zero-order chi connectivity index (χ0) is 17.6. The fraction of sp³-hybridized carbons (Fsp3) is 0.524. The average Bonchev–Trinajstić information content (AvgIpc) is 3.09. The number of nitrogens with zero attached hydrogens (tertiary/aromatic N) is 3. The van der Waals surface area contributed by atoms with Crippen LogP contribution in [0.2, 0.25) is 0 Å². The van der Waals surface area contributed by atoms with Gasteiger partial charge in [0.15, 0.2) is 0 Å². The van der Waals surface area contributed by atoms with Crippen LogP contribution in [0, 0.1) is 12.8 Å². The van der Waals surface area contributed by atoms with E-state index in [9.17, 15) is 4.79 Å². The number of aryl methyl sites for hydroxylation is 3. The summed E-state index contributed by atoms with van der Waals surface area (Å²) in [6.07, 6.45) is 7.31. The lowest BCUT2D eigenvalue weighted by Gasteiger charge is -2.33. The summed E-state index contributed by atoms with van der Waals surface area (Å²) in [6, 6.07) is 10.5. The molecule has 0 radical (unpaired) electrons. The van der Waals surface area contributed by atoms with Gasteiger partial charge in [-0.3, -0.25) is 9.48 Å². The van der Waals surface area contributed by atoms with Crippen molar-refractivity contribution >= 4 is 5.91 Å². The number of aromatic nitrogens is 2. The summed E-state index contributed by atoms with van der Waals surface area (Å²) in [5.74, 6) is 0.742.